The Balaban J connectivity index is 1.50. The fourth-order valence-corrected chi connectivity index (χ4v) is 4.17. The van der Waals surface area contributed by atoms with E-state index in [1.165, 1.54) is 17.8 Å². The molecule has 0 aromatic carbocycles. The number of carbonyl (C=O) groups excluding carboxylic acids is 3. The number of hydrogen-bond acceptors (Lipinski definition) is 5. The Morgan fingerprint density at radius 1 is 1.16 bits per heavy atom. The van der Waals surface area contributed by atoms with Crippen molar-refractivity contribution in [3.8, 4) is 0 Å². The molecule has 3 rings (SSSR count). The lowest BCUT2D eigenvalue weighted by Gasteiger charge is -2.30. The Bertz CT molecular complexity index is 613. The topological polar surface area (TPSA) is 91.4 Å². The van der Waals surface area contributed by atoms with Crippen LogP contribution in [0.1, 0.15) is 44.9 Å². The summed E-state index contributed by atoms with van der Waals surface area (Å²) in [6.07, 6.45) is 8.35. The van der Waals surface area contributed by atoms with E-state index >= 15 is 0 Å². The van der Waals surface area contributed by atoms with Gasteiger partial charge < -0.3 is 15.5 Å². The third-order valence-corrected chi connectivity index (χ3v) is 5.58. The van der Waals surface area contributed by atoms with Crippen molar-refractivity contribution in [1.82, 2.24) is 15.2 Å². The predicted molar refractivity (Wildman–Crippen MR) is 95.1 cm³/mol. The maximum absolute atomic E-state index is 12.7. The van der Waals surface area contributed by atoms with Crippen molar-refractivity contribution in [3.05, 3.63) is 11.6 Å². The van der Waals surface area contributed by atoms with Crippen molar-refractivity contribution in [2.24, 2.45) is 5.92 Å². The molecule has 136 valence electrons. The van der Waals surface area contributed by atoms with Gasteiger partial charge in [0.05, 0.1) is 6.54 Å². The minimum atomic E-state index is -0.443. The zero-order chi connectivity index (χ0) is 17.6. The monoisotopic (exact) mass is 364 g/mol. The molecule has 2 heterocycles. The second-order valence-corrected chi connectivity index (χ2v) is 7.52. The highest BCUT2D eigenvalue weighted by Gasteiger charge is 2.37. The van der Waals surface area contributed by atoms with Crippen molar-refractivity contribution >= 4 is 34.2 Å². The van der Waals surface area contributed by atoms with E-state index in [-0.39, 0.29) is 30.2 Å². The number of rotatable bonds is 5. The molecule has 1 atom stereocenters. The lowest BCUT2D eigenvalue weighted by atomic mass is 9.88. The van der Waals surface area contributed by atoms with Gasteiger partial charge in [-0.3, -0.25) is 14.4 Å². The summed E-state index contributed by atoms with van der Waals surface area (Å²) in [5, 5.41) is 7.56. The highest BCUT2D eigenvalue weighted by atomic mass is 32.1. The van der Waals surface area contributed by atoms with Gasteiger partial charge in [0, 0.05) is 24.0 Å². The average Bonchev–Trinajstić information content (AvgIpc) is 3.31. The van der Waals surface area contributed by atoms with Gasteiger partial charge in [-0.05, 0) is 25.7 Å². The molecule has 1 saturated heterocycles. The van der Waals surface area contributed by atoms with Crippen LogP contribution in [0.3, 0.4) is 0 Å². The lowest BCUT2D eigenvalue weighted by molar-refractivity contribution is -0.142. The minimum Gasteiger partial charge on any atom is -0.345 e. The standard InChI is InChI=1S/C17H24N4O3S/c22-14(20-17-18-8-10-25-17)11-19-15(23)13-7-4-9-21(13)16(24)12-5-2-1-3-6-12/h8,10,12-13H,1-7,9,11H2,(H,19,23)(H,18,20,22). The van der Waals surface area contributed by atoms with Crippen molar-refractivity contribution in [2.75, 3.05) is 18.4 Å². The van der Waals surface area contributed by atoms with Gasteiger partial charge >= 0.3 is 0 Å². The van der Waals surface area contributed by atoms with Crippen molar-refractivity contribution in [1.29, 1.82) is 0 Å². The molecule has 25 heavy (non-hydrogen) atoms. The largest absolute Gasteiger partial charge is 0.345 e. The van der Waals surface area contributed by atoms with Crippen LogP contribution in [0.25, 0.3) is 0 Å². The molecule has 0 radical (unpaired) electrons. The molecule has 2 N–H and O–H groups in total. The number of hydrogen-bond donors (Lipinski definition) is 2. The van der Waals surface area contributed by atoms with Gasteiger partial charge in [-0.1, -0.05) is 19.3 Å². The summed E-state index contributed by atoms with van der Waals surface area (Å²) < 4.78 is 0. The number of likely N-dealkylation sites (tertiary alicyclic amines) is 1. The summed E-state index contributed by atoms with van der Waals surface area (Å²) in [5.74, 6) is -0.373. The van der Waals surface area contributed by atoms with Gasteiger partial charge in [0.25, 0.3) is 0 Å². The van der Waals surface area contributed by atoms with Crippen LogP contribution in [0.4, 0.5) is 5.13 Å². The van der Waals surface area contributed by atoms with Crippen LogP contribution in [-0.4, -0.2) is 46.7 Å². The molecule has 2 aliphatic rings. The second-order valence-electron chi connectivity index (χ2n) is 6.63. The Hall–Kier alpha value is -1.96. The summed E-state index contributed by atoms with van der Waals surface area (Å²) in [5.41, 5.74) is 0. The highest BCUT2D eigenvalue weighted by molar-refractivity contribution is 7.13. The van der Waals surface area contributed by atoms with Gasteiger partial charge in [0.1, 0.15) is 6.04 Å². The fourth-order valence-electron chi connectivity index (χ4n) is 3.62. The van der Waals surface area contributed by atoms with Gasteiger partial charge in [-0.2, -0.15) is 0 Å². The van der Waals surface area contributed by atoms with Gasteiger partial charge in [-0.15, -0.1) is 11.3 Å². The first-order valence-electron chi connectivity index (χ1n) is 8.92. The number of carbonyl (C=O) groups is 3. The van der Waals surface area contributed by atoms with E-state index in [9.17, 15) is 14.4 Å². The number of aromatic nitrogens is 1. The first kappa shape index (κ1) is 17.8. The second kappa shape index (κ2) is 8.42. The van der Waals surface area contributed by atoms with Gasteiger partial charge in [0.2, 0.25) is 17.7 Å². The Morgan fingerprint density at radius 3 is 2.68 bits per heavy atom. The van der Waals surface area contributed by atoms with Crippen LogP contribution in [0, 0.1) is 5.92 Å². The summed E-state index contributed by atoms with van der Waals surface area (Å²) in [6.45, 7) is 0.527. The molecule has 7 nitrogen and oxygen atoms in total. The molecule has 0 spiro atoms. The number of thiazole rings is 1. The predicted octanol–water partition coefficient (Wildman–Crippen LogP) is 1.77. The van der Waals surface area contributed by atoms with E-state index < -0.39 is 6.04 Å². The Morgan fingerprint density at radius 2 is 1.96 bits per heavy atom. The third kappa shape index (κ3) is 4.56. The van der Waals surface area contributed by atoms with E-state index in [1.807, 2.05) is 0 Å². The number of amides is 3. The minimum absolute atomic E-state index is 0.0651. The molecular weight excluding hydrogens is 340 g/mol. The van der Waals surface area contributed by atoms with Crippen molar-refractivity contribution in [2.45, 2.75) is 51.0 Å². The van der Waals surface area contributed by atoms with Gasteiger partial charge in [0.15, 0.2) is 5.13 Å². The molecule has 1 aliphatic carbocycles. The summed E-state index contributed by atoms with van der Waals surface area (Å²) in [6, 6.07) is -0.443. The highest BCUT2D eigenvalue weighted by Crippen LogP contribution is 2.28. The lowest BCUT2D eigenvalue weighted by Crippen LogP contribution is -2.49. The number of anilines is 1. The molecule has 1 unspecified atom stereocenters. The molecule has 2 fully saturated rings. The average molecular weight is 364 g/mol. The van der Waals surface area contributed by atoms with Crippen LogP contribution in [0.2, 0.25) is 0 Å². The van der Waals surface area contributed by atoms with Crippen LogP contribution in [0.15, 0.2) is 11.6 Å². The van der Waals surface area contributed by atoms with Crippen molar-refractivity contribution in [3.63, 3.8) is 0 Å². The van der Waals surface area contributed by atoms with E-state index in [0.29, 0.717) is 18.1 Å². The molecule has 8 heteroatoms. The van der Waals surface area contributed by atoms with Crippen LogP contribution in [0.5, 0.6) is 0 Å². The van der Waals surface area contributed by atoms with E-state index in [2.05, 4.69) is 15.6 Å². The number of nitrogens with zero attached hydrogens (tertiary/aromatic N) is 2. The van der Waals surface area contributed by atoms with Crippen LogP contribution < -0.4 is 10.6 Å². The fraction of sp³-hybridized carbons (Fsp3) is 0.647. The maximum atomic E-state index is 12.7. The summed E-state index contributed by atoms with van der Waals surface area (Å²) in [7, 11) is 0. The zero-order valence-electron chi connectivity index (χ0n) is 14.2. The Kier molecular flexibility index (Phi) is 6.01. The first-order valence-corrected chi connectivity index (χ1v) is 9.80. The van der Waals surface area contributed by atoms with E-state index in [4.69, 9.17) is 0 Å². The SMILES string of the molecule is O=C(CNC(=O)C1CCCN1C(=O)C1CCCCC1)Nc1nccs1. The van der Waals surface area contributed by atoms with Crippen molar-refractivity contribution < 1.29 is 14.4 Å². The quantitative estimate of drug-likeness (QED) is 0.833. The zero-order valence-corrected chi connectivity index (χ0v) is 15.0. The molecule has 3 amide bonds. The molecule has 1 aromatic rings. The summed E-state index contributed by atoms with van der Waals surface area (Å²) in [4.78, 5) is 42.7. The smallest absolute Gasteiger partial charge is 0.245 e. The van der Waals surface area contributed by atoms with Crippen LogP contribution >= 0.6 is 11.3 Å². The third-order valence-electron chi connectivity index (χ3n) is 4.89. The molecule has 1 saturated carbocycles. The van der Waals surface area contributed by atoms with E-state index in [0.717, 1.165) is 32.1 Å². The molecule has 1 aliphatic heterocycles. The molecular formula is C17H24N4O3S. The summed E-state index contributed by atoms with van der Waals surface area (Å²) >= 11 is 1.32. The maximum Gasteiger partial charge on any atom is 0.245 e. The first-order chi connectivity index (χ1) is 12.1. The van der Waals surface area contributed by atoms with Crippen LogP contribution in [-0.2, 0) is 14.4 Å². The number of nitrogens with one attached hydrogen (secondary N) is 2. The molecule has 1 aromatic heterocycles. The Labute approximate surface area is 151 Å². The van der Waals surface area contributed by atoms with E-state index in [1.54, 1.807) is 16.5 Å². The normalized spacial score (nSPS) is 21.1. The molecule has 0 bridgehead atoms. The van der Waals surface area contributed by atoms with Gasteiger partial charge in [-0.25, -0.2) is 4.98 Å².